The SMILES string of the molecule is CCCCC(CN)NC(=O)C1=Cc2ccccc2OC1. The van der Waals surface area contributed by atoms with E-state index in [4.69, 9.17) is 10.5 Å². The summed E-state index contributed by atoms with van der Waals surface area (Å²) in [4.78, 5) is 12.2. The summed E-state index contributed by atoms with van der Waals surface area (Å²) in [5, 5.41) is 2.99. The zero-order valence-corrected chi connectivity index (χ0v) is 11.9. The van der Waals surface area contributed by atoms with E-state index in [1.54, 1.807) is 0 Å². The van der Waals surface area contributed by atoms with Crippen molar-refractivity contribution in [2.24, 2.45) is 5.73 Å². The van der Waals surface area contributed by atoms with E-state index in [0.717, 1.165) is 30.6 Å². The van der Waals surface area contributed by atoms with Crippen molar-refractivity contribution in [3.05, 3.63) is 35.4 Å². The normalized spacial score (nSPS) is 14.8. The number of nitrogens with two attached hydrogens (primary N) is 1. The second-order valence-electron chi connectivity index (χ2n) is 5.04. The fourth-order valence-electron chi connectivity index (χ4n) is 2.22. The summed E-state index contributed by atoms with van der Waals surface area (Å²) in [5.41, 5.74) is 7.30. The number of unbranched alkanes of at least 4 members (excludes halogenated alkanes) is 1. The lowest BCUT2D eigenvalue weighted by Crippen LogP contribution is -2.41. The van der Waals surface area contributed by atoms with E-state index in [-0.39, 0.29) is 11.9 Å². The maximum Gasteiger partial charge on any atom is 0.250 e. The van der Waals surface area contributed by atoms with Gasteiger partial charge in [0.05, 0.1) is 5.57 Å². The Labute approximate surface area is 120 Å². The Balaban J connectivity index is 2.01. The molecule has 1 heterocycles. The molecule has 1 aromatic rings. The van der Waals surface area contributed by atoms with E-state index in [0.29, 0.717) is 18.7 Å². The Kier molecular flexibility index (Phi) is 5.18. The molecule has 1 atom stereocenters. The number of carbonyl (C=O) groups is 1. The molecule has 1 unspecified atom stereocenters. The number of fused-ring (bicyclic) bond motifs is 1. The largest absolute Gasteiger partial charge is 0.488 e. The molecular formula is C16H22N2O2. The van der Waals surface area contributed by atoms with Crippen molar-refractivity contribution in [3.8, 4) is 5.75 Å². The standard InChI is InChI=1S/C16H22N2O2/c1-2-3-7-14(10-17)18-16(19)13-9-12-6-4-5-8-15(12)20-11-13/h4-6,8-9,14H,2-3,7,10-11,17H2,1H3,(H,18,19). The first-order chi connectivity index (χ1) is 9.74. The molecule has 0 saturated carbocycles. The van der Waals surface area contributed by atoms with E-state index in [9.17, 15) is 4.79 Å². The molecule has 1 aliphatic rings. The van der Waals surface area contributed by atoms with Gasteiger partial charge in [-0.25, -0.2) is 0 Å². The zero-order chi connectivity index (χ0) is 14.4. The van der Waals surface area contributed by atoms with Crippen molar-refractivity contribution in [1.29, 1.82) is 0 Å². The minimum atomic E-state index is -0.0777. The predicted molar refractivity (Wildman–Crippen MR) is 80.4 cm³/mol. The molecule has 1 aromatic carbocycles. The van der Waals surface area contributed by atoms with Gasteiger partial charge in [-0.1, -0.05) is 38.0 Å². The molecule has 0 aliphatic carbocycles. The van der Waals surface area contributed by atoms with Crippen LogP contribution in [0.4, 0.5) is 0 Å². The number of benzene rings is 1. The summed E-state index contributed by atoms with van der Waals surface area (Å²) in [6.07, 6.45) is 4.98. The minimum absolute atomic E-state index is 0.0421. The molecule has 1 aliphatic heterocycles. The van der Waals surface area contributed by atoms with Crippen molar-refractivity contribution in [3.63, 3.8) is 0 Å². The molecule has 0 spiro atoms. The van der Waals surface area contributed by atoms with Crippen LogP contribution >= 0.6 is 0 Å². The van der Waals surface area contributed by atoms with Crippen LogP contribution in [-0.4, -0.2) is 25.1 Å². The van der Waals surface area contributed by atoms with Crippen molar-refractivity contribution >= 4 is 12.0 Å². The van der Waals surface area contributed by atoms with Crippen LogP contribution in [0.1, 0.15) is 31.7 Å². The van der Waals surface area contributed by atoms with E-state index >= 15 is 0 Å². The van der Waals surface area contributed by atoms with Gasteiger partial charge in [-0.05, 0) is 18.6 Å². The minimum Gasteiger partial charge on any atom is -0.488 e. The second-order valence-corrected chi connectivity index (χ2v) is 5.04. The number of rotatable bonds is 6. The van der Waals surface area contributed by atoms with Gasteiger partial charge in [0.15, 0.2) is 0 Å². The molecule has 4 nitrogen and oxygen atoms in total. The highest BCUT2D eigenvalue weighted by Crippen LogP contribution is 2.25. The third-order valence-corrected chi connectivity index (χ3v) is 3.45. The average molecular weight is 274 g/mol. The number of para-hydroxylation sites is 1. The van der Waals surface area contributed by atoms with Crippen molar-refractivity contribution in [1.82, 2.24) is 5.32 Å². The molecule has 20 heavy (non-hydrogen) atoms. The van der Waals surface area contributed by atoms with Gasteiger partial charge in [0.25, 0.3) is 5.91 Å². The van der Waals surface area contributed by atoms with Gasteiger partial charge in [-0.15, -0.1) is 0 Å². The number of amides is 1. The lowest BCUT2D eigenvalue weighted by molar-refractivity contribution is -0.118. The van der Waals surface area contributed by atoms with Gasteiger partial charge < -0.3 is 15.8 Å². The van der Waals surface area contributed by atoms with Gasteiger partial charge in [0, 0.05) is 18.2 Å². The molecular weight excluding hydrogens is 252 g/mol. The van der Waals surface area contributed by atoms with Crippen LogP contribution < -0.4 is 15.8 Å². The van der Waals surface area contributed by atoms with Crippen LogP contribution in [0, 0.1) is 0 Å². The van der Waals surface area contributed by atoms with Gasteiger partial charge in [0.2, 0.25) is 0 Å². The number of nitrogens with one attached hydrogen (secondary N) is 1. The van der Waals surface area contributed by atoms with Crippen LogP contribution in [0.5, 0.6) is 5.75 Å². The van der Waals surface area contributed by atoms with Crippen LogP contribution in [0.25, 0.3) is 6.08 Å². The van der Waals surface area contributed by atoms with Crippen LogP contribution in [0.2, 0.25) is 0 Å². The number of ether oxygens (including phenoxy) is 1. The first kappa shape index (κ1) is 14.6. The highest BCUT2D eigenvalue weighted by atomic mass is 16.5. The van der Waals surface area contributed by atoms with Gasteiger partial charge in [-0.2, -0.15) is 0 Å². The molecule has 1 amide bonds. The Morgan fingerprint density at radius 2 is 2.25 bits per heavy atom. The van der Waals surface area contributed by atoms with E-state index in [2.05, 4.69) is 12.2 Å². The molecule has 2 rings (SSSR count). The summed E-state index contributed by atoms with van der Waals surface area (Å²) in [7, 11) is 0. The summed E-state index contributed by atoms with van der Waals surface area (Å²) in [6.45, 7) is 2.91. The molecule has 0 radical (unpaired) electrons. The lowest BCUT2D eigenvalue weighted by Gasteiger charge is -2.21. The van der Waals surface area contributed by atoms with Gasteiger partial charge >= 0.3 is 0 Å². The maximum absolute atomic E-state index is 12.2. The van der Waals surface area contributed by atoms with Crippen molar-refractivity contribution in [2.45, 2.75) is 32.2 Å². The Bertz CT molecular complexity index is 497. The summed E-state index contributed by atoms with van der Waals surface area (Å²) >= 11 is 0. The first-order valence-corrected chi connectivity index (χ1v) is 7.18. The highest BCUT2D eigenvalue weighted by molar-refractivity contribution is 5.99. The predicted octanol–water partition coefficient (Wildman–Crippen LogP) is 2.10. The van der Waals surface area contributed by atoms with Crippen LogP contribution in [0.15, 0.2) is 29.8 Å². The second kappa shape index (κ2) is 7.10. The number of carbonyl (C=O) groups excluding carboxylic acids is 1. The number of hydrogen-bond donors (Lipinski definition) is 2. The quantitative estimate of drug-likeness (QED) is 0.835. The average Bonchev–Trinajstić information content (AvgIpc) is 2.50. The molecule has 3 N–H and O–H groups in total. The van der Waals surface area contributed by atoms with Gasteiger partial charge in [0.1, 0.15) is 12.4 Å². The first-order valence-electron chi connectivity index (χ1n) is 7.18. The summed E-state index contributed by atoms with van der Waals surface area (Å²) in [6, 6.07) is 7.75. The molecule has 0 fully saturated rings. The lowest BCUT2D eigenvalue weighted by atomic mass is 10.1. The Morgan fingerprint density at radius 3 is 3.00 bits per heavy atom. The third-order valence-electron chi connectivity index (χ3n) is 3.45. The Morgan fingerprint density at radius 1 is 1.45 bits per heavy atom. The fourth-order valence-corrected chi connectivity index (χ4v) is 2.22. The summed E-state index contributed by atoms with van der Waals surface area (Å²) in [5.74, 6) is 0.747. The van der Waals surface area contributed by atoms with E-state index in [1.165, 1.54) is 0 Å². The summed E-state index contributed by atoms with van der Waals surface area (Å²) < 4.78 is 5.59. The van der Waals surface area contributed by atoms with Crippen molar-refractivity contribution in [2.75, 3.05) is 13.2 Å². The Hall–Kier alpha value is -1.81. The van der Waals surface area contributed by atoms with Crippen LogP contribution in [-0.2, 0) is 4.79 Å². The molecule has 0 aromatic heterocycles. The zero-order valence-electron chi connectivity index (χ0n) is 11.9. The molecule has 0 bridgehead atoms. The monoisotopic (exact) mass is 274 g/mol. The fraction of sp³-hybridized carbons (Fsp3) is 0.438. The number of hydrogen-bond acceptors (Lipinski definition) is 3. The molecule has 108 valence electrons. The van der Waals surface area contributed by atoms with E-state index < -0.39 is 0 Å². The molecule has 4 heteroatoms. The topological polar surface area (TPSA) is 64.3 Å². The van der Waals surface area contributed by atoms with Crippen molar-refractivity contribution < 1.29 is 9.53 Å². The molecule has 0 saturated heterocycles. The van der Waals surface area contributed by atoms with E-state index in [1.807, 2.05) is 30.3 Å². The maximum atomic E-state index is 12.2. The third kappa shape index (κ3) is 3.61. The smallest absolute Gasteiger partial charge is 0.250 e. The van der Waals surface area contributed by atoms with Crippen LogP contribution in [0.3, 0.4) is 0 Å². The highest BCUT2D eigenvalue weighted by Gasteiger charge is 2.19. The van der Waals surface area contributed by atoms with Gasteiger partial charge in [-0.3, -0.25) is 4.79 Å².